The van der Waals surface area contributed by atoms with Gasteiger partial charge in [0, 0.05) is 25.1 Å². The zero-order chi connectivity index (χ0) is 29.6. The van der Waals surface area contributed by atoms with Crippen LogP contribution in [-0.4, -0.2) is 54.3 Å². The fourth-order valence-electron chi connectivity index (χ4n) is 4.65. The molecule has 0 aliphatic carbocycles. The van der Waals surface area contributed by atoms with Gasteiger partial charge in [0.15, 0.2) is 17.3 Å². The molecule has 42 heavy (non-hydrogen) atoms. The SMILES string of the molecule is COc1ccc(COc2ccc(C(=O)N3CC[C@@H](c4cc(C(=O)O)on4)C3)c(F)c2OCc2ccc(OC)cc2)cc1. The molecule has 1 aliphatic rings. The van der Waals surface area contributed by atoms with Crippen molar-refractivity contribution in [1.29, 1.82) is 0 Å². The van der Waals surface area contributed by atoms with Crippen molar-refractivity contribution in [3.63, 3.8) is 0 Å². The molecule has 0 bridgehead atoms. The first-order valence-electron chi connectivity index (χ1n) is 13.2. The van der Waals surface area contributed by atoms with Gasteiger partial charge in [-0.05, 0) is 53.9 Å². The number of hydrogen-bond acceptors (Lipinski definition) is 8. The third kappa shape index (κ3) is 6.30. The molecule has 0 spiro atoms. The number of aromatic nitrogens is 1. The Bertz CT molecular complexity index is 1550. The standard InChI is InChI=1S/C31H29FN2O8/c1-38-22-7-3-19(4-8-22)17-40-26-12-11-24(28(32)29(26)41-18-20-5-9-23(39-2)10-6-20)30(35)34-14-13-21(16-34)25-15-27(31(36)37)42-33-25/h3-12,15,21H,13-14,16-18H2,1-2H3,(H,36,37)/t21-/m1/s1. The number of carbonyl (C=O) groups excluding carboxylic acids is 1. The summed E-state index contributed by atoms with van der Waals surface area (Å²) in [6.07, 6.45) is 0.531. The lowest BCUT2D eigenvalue weighted by Crippen LogP contribution is -2.29. The van der Waals surface area contributed by atoms with Gasteiger partial charge in [0.1, 0.15) is 24.7 Å². The molecule has 0 saturated carbocycles. The van der Waals surface area contributed by atoms with E-state index in [0.29, 0.717) is 30.2 Å². The van der Waals surface area contributed by atoms with E-state index in [1.165, 1.54) is 23.1 Å². The lowest BCUT2D eigenvalue weighted by atomic mass is 10.1. The summed E-state index contributed by atoms with van der Waals surface area (Å²) in [5.41, 5.74) is 1.88. The molecule has 5 rings (SSSR count). The van der Waals surface area contributed by atoms with Gasteiger partial charge in [0.25, 0.3) is 5.91 Å². The Morgan fingerprint density at radius 3 is 2.14 bits per heavy atom. The summed E-state index contributed by atoms with van der Waals surface area (Å²) in [5, 5.41) is 12.9. The highest BCUT2D eigenvalue weighted by molar-refractivity contribution is 5.95. The van der Waals surface area contributed by atoms with Crippen LogP contribution in [0.4, 0.5) is 4.39 Å². The van der Waals surface area contributed by atoms with Crippen molar-refractivity contribution in [3.8, 4) is 23.0 Å². The van der Waals surface area contributed by atoms with Crippen molar-refractivity contribution in [2.24, 2.45) is 0 Å². The first kappa shape index (κ1) is 28.5. The molecule has 1 aromatic heterocycles. The zero-order valence-electron chi connectivity index (χ0n) is 23.0. The van der Waals surface area contributed by atoms with Gasteiger partial charge in [-0.3, -0.25) is 4.79 Å². The Morgan fingerprint density at radius 1 is 0.952 bits per heavy atom. The normalized spacial score (nSPS) is 14.5. The number of likely N-dealkylation sites (tertiary alicyclic amines) is 1. The number of carboxylic acids is 1. The number of rotatable bonds is 11. The van der Waals surface area contributed by atoms with Crippen LogP contribution in [0, 0.1) is 5.82 Å². The van der Waals surface area contributed by atoms with Crippen molar-refractivity contribution in [2.45, 2.75) is 25.6 Å². The molecule has 3 aromatic carbocycles. The molecule has 1 aliphatic heterocycles. The van der Waals surface area contributed by atoms with E-state index in [4.69, 9.17) is 28.6 Å². The highest BCUT2D eigenvalue weighted by Gasteiger charge is 2.33. The Balaban J connectivity index is 1.36. The molecule has 10 nitrogen and oxygen atoms in total. The van der Waals surface area contributed by atoms with E-state index in [1.54, 1.807) is 50.6 Å². The fraction of sp³-hybridized carbons (Fsp3) is 0.258. The summed E-state index contributed by atoms with van der Waals surface area (Å²) in [5.74, 6) is -1.73. The van der Waals surface area contributed by atoms with Gasteiger partial charge >= 0.3 is 5.97 Å². The van der Waals surface area contributed by atoms with Crippen molar-refractivity contribution < 1.29 is 42.6 Å². The predicted molar refractivity (Wildman–Crippen MR) is 148 cm³/mol. The third-order valence-electron chi connectivity index (χ3n) is 7.02. The van der Waals surface area contributed by atoms with Gasteiger partial charge in [-0.1, -0.05) is 29.4 Å². The molecule has 4 aromatic rings. The van der Waals surface area contributed by atoms with Crippen molar-refractivity contribution in [3.05, 3.63) is 101 Å². The monoisotopic (exact) mass is 576 g/mol. The molecular weight excluding hydrogens is 547 g/mol. The van der Waals surface area contributed by atoms with Crippen LogP contribution in [0.5, 0.6) is 23.0 Å². The second-order valence-electron chi connectivity index (χ2n) is 9.69. The van der Waals surface area contributed by atoms with Crippen LogP contribution in [0.2, 0.25) is 0 Å². The van der Waals surface area contributed by atoms with Crippen LogP contribution in [0.15, 0.2) is 71.3 Å². The molecule has 11 heteroatoms. The average molecular weight is 577 g/mol. The minimum absolute atomic E-state index is 0.0291. The second-order valence-corrected chi connectivity index (χ2v) is 9.69. The molecule has 1 amide bonds. The maximum Gasteiger partial charge on any atom is 0.374 e. The van der Waals surface area contributed by atoms with Crippen LogP contribution in [0.3, 0.4) is 0 Å². The van der Waals surface area contributed by atoms with Gasteiger partial charge in [0.2, 0.25) is 5.76 Å². The predicted octanol–water partition coefficient (Wildman–Crippen LogP) is 5.32. The van der Waals surface area contributed by atoms with Gasteiger partial charge in [0.05, 0.1) is 25.5 Å². The zero-order valence-corrected chi connectivity index (χ0v) is 23.0. The summed E-state index contributed by atoms with van der Waals surface area (Å²) >= 11 is 0. The number of nitrogens with zero attached hydrogens (tertiary/aromatic N) is 2. The van der Waals surface area contributed by atoms with E-state index in [-0.39, 0.29) is 48.5 Å². The maximum atomic E-state index is 16.0. The maximum absolute atomic E-state index is 16.0. The van der Waals surface area contributed by atoms with Crippen molar-refractivity contribution in [2.75, 3.05) is 27.3 Å². The number of aromatic carboxylic acids is 1. The largest absolute Gasteiger partial charge is 0.497 e. The van der Waals surface area contributed by atoms with E-state index in [2.05, 4.69) is 5.16 Å². The highest BCUT2D eigenvalue weighted by atomic mass is 19.1. The molecule has 1 saturated heterocycles. The van der Waals surface area contributed by atoms with Gasteiger partial charge in [-0.25, -0.2) is 9.18 Å². The van der Waals surface area contributed by atoms with Crippen LogP contribution in [-0.2, 0) is 13.2 Å². The summed E-state index contributed by atoms with van der Waals surface area (Å²) in [4.78, 5) is 26.1. The molecule has 2 heterocycles. The highest BCUT2D eigenvalue weighted by Crippen LogP contribution is 2.36. The minimum atomic E-state index is -1.22. The summed E-state index contributed by atoms with van der Waals surface area (Å²) in [7, 11) is 3.15. The molecule has 1 fully saturated rings. The number of carboxylic acid groups (broad SMARTS) is 1. The molecule has 0 radical (unpaired) electrons. The molecule has 218 valence electrons. The molecule has 0 unspecified atom stereocenters. The van der Waals surface area contributed by atoms with E-state index >= 15 is 4.39 Å². The van der Waals surface area contributed by atoms with Crippen LogP contribution < -0.4 is 18.9 Å². The number of halogens is 1. The summed E-state index contributed by atoms with van der Waals surface area (Å²) in [6.45, 7) is 0.748. The molecule has 1 N–H and O–H groups in total. The number of ether oxygens (including phenoxy) is 4. The van der Waals surface area contributed by atoms with Crippen LogP contribution in [0.25, 0.3) is 0 Å². The minimum Gasteiger partial charge on any atom is -0.497 e. The average Bonchev–Trinajstić information content (AvgIpc) is 3.71. The van der Waals surface area contributed by atoms with E-state index in [0.717, 1.165) is 11.1 Å². The number of benzene rings is 3. The first-order chi connectivity index (χ1) is 20.4. The van der Waals surface area contributed by atoms with Crippen LogP contribution >= 0.6 is 0 Å². The Labute approximate surface area is 241 Å². The second kappa shape index (κ2) is 12.6. The van der Waals surface area contributed by atoms with Crippen molar-refractivity contribution >= 4 is 11.9 Å². The van der Waals surface area contributed by atoms with Crippen LogP contribution in [0.1, 0.15) is 50.1 Å². The number of amides is 1. The lowest BCUT2D eigenvalue weighted by molar-refractivity contribution is 0.0651. The lowest BCUT2D eigenvalue weighted by Gasteiger charge is -2.19. The molecule has 1 atom stereocenters. The Kier molecular flexibility index (Phi) is 8.56. The smallest absolute Gasteiger partial charge is 0.374 e. The fourth-order valence-corrected chi connectivity index (χ4v) is 4.65. The topological polar surface area (TPSA) is 121 Å². The Morgan fingerprint density at radius 2 is 1.57 bits per heavy atom. The molecular formula is C31H29FN2O8. The first-order valence-corrected chi connectivity index (χ1v) is 13.2. The van der Waals surface area contributed by atoms with E-state index < -0.39 is 17.7 Å². The summed E-state index contributed by atoms with van der Waals surface area (Å²) in [6, 6.07) is 18.7. The van der Waals surface area contributed by atoms with Crippen molar-refractivity contribution in [1.82, 2.24) is 10.1 Å². The van der Waals surface area contributed by atoms with E-state index in [9.17, 15) is 9.59 Å². The quantitative estimate of drug-likeness (QED) is 0.253. The third-order valence-corrected chi connectivity index (χ3v) is 7.02. The number of hydrogen-bond donors (Lipinski definition) is 1. The summed E-state index contributed by atoms with van der Waals surface area (Å²) < 4.78 is 43.1. The Hall–Kier alpha value is -5.06. The van der Waals surface area contributed by atoms with E-state index in [1.807, 2.05) is 12.1 Å². The van der Waals surface area contributed by atoms with Gasteiger partial charge < -0.3 is 33.5 Å². The van der Waals surface area contributed by atoms with Gasteiger partial charge in [-0.15, -0.1) is 0 Å². The number of carbonyl (C=O) groups is 2. The van der Waals surface area contributed by atoms with Gasteiger partial charge in [-0.2, -0.15) is 0 Å². The number of methoxy groups -OCH3 is 2.